The van der Waals surface area contributed by atoms with E-state index in [9.17, 15) is 9.59 Å². The highest BCUT2D eigenvalue weighted by molar-refractivity contribution is 14.0. The van der Waals surface area contributed by atoms with Crippen LogP contribution in [0.1, 0.15) is 13.3 Å². The molecule has 1 aliphatic heterocycles. The molecule has 1 aliphatic carbocycles. The smallest absolute Gasteiger partial charge is 0.324 e. The van der Waals surface area contributed by atoms with Gasteiger partial charge in [-0.25, -0.2) is 4.79 Å². The molecule has 1 heterocycles. The Labute approximate surface area is 129 Å². The summed E-state index contributed by atoms with van der Waals surface area (Å²) < 4.78 is 0. The number of nitrogens with zero attached hydrogens (tertiary/aromatic N) is 2. The van der Waals surface area contributed by atoms with E-state index in [-0.39, 0.29) is 42.5 Å². The number of hydrogen-bond acceptors (Lipinski definition) is 3. The quantitative estimate of drug-likeness (QED) is 0.271. The van der Waals surface area contributed by atoms with E-state index in [2.05, 4.69) is 27.9 Å². The molecule has 3 N–H and O–H groups in total. The number of carbonyl (C=O) groups excluding carboxylic acids is 2. The van der Waals surface area contributed by atoms with Crippen molar-refractivity contribution < 1.29 is 9.59 Å². The number of halogens is 1. The molecule has 1 saturated heterocycles. The lowest BCUT2D eigenvalue weighted by Gasteiger charge is -2.15. The van der Waals surface area contributed by atoms with Crippen LogP contribution in [0.25, 0.3) is 0 Å². The summed E-state index contributed by atoms with van der Waals surface area (Å²) in [7, 11) is 1.70. The lowest BCUT2D eigenvalue weighted by molar-refractivity contribution is -0.124. The summed E-state index contributed by atoms with van der Waals surface area (Å²) in [5.41, 5.74) is 0. The van der Waals surface area contributed by atoms with E-state index in [1.165, 1.54) is 4.90 Å². The van der Waals surface area contributed by atoms with Gasteiger partial charge in [-0.15, -0.1) is 24.0 Å². The summed E-state index contributed by atoms with van der Waals surface area (Å²) in [6.07, 6.45) is 1.16. The fourth-order valence-electron chi connectivity index (χ4n) is 1.86. The van der Waals surface area contributed by atoms with E-state index >= 15 is 0 Å². The molecule has 108 valence electrons. The van der Waals surface area contributed by atoms with Gasteiger partial charge in [0.25, 0.3) is 0 Å². The van der Waals surface area contributed by atoms with Crippen LogP contribution in [0.2, 0.25) is 0 Å². The van der Waals surface area contributed by atoms with Crippen LogP contribution < -0.4 is 16.0 Å². The molecule has 1 saturated carbocycles. The maximum atomic E-state index is 11.3. The number of imide groups is 1. The third-order valence-corrected chi connectivity index (χ3v) is 3.22. The Morgan fingerprint density at radius 2 is 2.21 bits per heavy atom. The number of hydrogen-bond donors (Lipinski definition) is 3. The van der Waals surface area contributed by atoms with Gasteiger partial charge in [0.05, 0.1) is 6.54 Å². The minimum atomic E-state index is -0.319. The number of amides is 3. The Balaban J connectivity index is 0.00000180. The molecule has 0 spiro atoms. The first-order valence-corrected chi connectivity index (χ1v) is 6.17. The van der Waals surface area contributed by atoms with E-state index < -0.39 is 0 Å². The third kappa shape index (κ3) is 4.22. The van der Waals surface area contributed by atoms with Gasteiger partial charge in [0, 0.05) is 26.2 Å². The molecular formula is C11H20IN5O2. The van der Waals surface area contributed by atoms with E-state index in [0.29, 0.717) is 25.0 Å². The molecular weight excluding hydrogens is 361 g/mol. The van der Waals surface area contributed by atoms with Crippen LogP contribution in [0.3, 0.4) is 0 Å². The van der Waals surface area contributed by atoms with Gasteiger partial charge in [0.15, 0.2) is 5.96 Å². The summed E-state index contributed by atoms with van der Waals surface area (Å²) >= 11 is 0. The normalized spacial score (nSPS) is 25.8. The molecule has 2 fully saturated rings. The molecule has 0 bridgehead atoms. The van der Waals surface area contributed by atoms with Gasteiger partial charge >= 0.3 is 6.03 Å². The fourth-order valence-corrected chi connectivity index (χ4v) is 1.86. The molecule has 0 aromatic rings. The zero-order valence-electron chi connectivity index (χ0n) is 11.1. The van der Waals surface area contributed by atoms with Crippen molar-refractivity contribution in [1.82, 2.24) is 20.9 Å². The number of nitrogens with one attached hydrogen (secondary N) is 3. The zero-order valence-corrected chi connectivity index (χ0v) is 13.4. The predicted molar refractivity (Wildman–Crippen MR) is 82.6 cm³/mol. The molecule has 8 heteroatoms. The highest BCUT2D eigenvalue weighted by Gasteiger charge is 2.33. The number of rotatable bonds is 4. The van der Waals surface area contributed by atoms with Crippen molar-refractivity contribution in [3.63, 3.8) is 0 Å². The van der Waals surface area contributed by atoms with Crippen molar-refractivity contribution in [1.29, 1.82) is 0 Å². The van der Waals surface area contributed by atoms with Crippen molar-refractivity contribution in [3.05, 3.63) is 0 Å². The van der Waals surface area contributed by atoms with Gasteiger partial charge in [-0.05, 0) is 12.3 Å². The van der Waals surface area contributed by atoms with Crippen molar-refractivity contribution in [3.8, 4) is 0 Å². The van der Waals surface area contributed by atoms with E-state index in [0.717, 1.165) is 12.4 Å². The maximum Gasteiger partial charge on any atom is 0.324 e. The van der Waals surface area contributed by atoms with Crippen LogP contribution in [0.15, 0.2) is 4.99 Å². The lowest BCUT2D eigenvalue weighted by atomic mass is 10.5. The minimum absolute atomic E-state index is 0. The summed E-state index contributed by atoms with van der Waals surface area (Å²) in [5.74, 6) is 1.23. The predicted octanol–water partition coefficient (Wildman–Crippen LogP) is -0.270. The van der Waals surface area contributed by atoms with Crippen LogP contribution in [0.5, 0.6) is 0 Å². The third-order valence-electron chi connectivity index (χ3n) is 3.22. The largest absolute Gasteiger partial charge is 0.355 e. The first-order chi connectivity index (χ1) is 8.61. The second-order valence-corrected chi connectivity index (χ2v) is 4.67. The molecule has 3 amide bonds. The molecule has 2 rings (SSSR count). The van der Waals surface area contributed by atoms with Crippen molar-refractivity contribution >= 4 is 41.9 Å². The summed E-state index contributed by atoms with van der Waals surface area (Å²) in [6.45, 7) is 3.13. The van der Waals surface area contributed by atoms with E-state index in [1.54, 1.807) is 7.05 Å². The summed E-state index contributed by atoms with van der Waals surface area (Å²) in [6, 6.07) is 0.175. The molecule has 7 nitrogen and oxygen atoms in total. The van der Waals surface area contributed by atoms with E-state index in [4.69, 9.17) is 0 Å². The maximum absolute atomic E-state index is 11.3. The lowest BCUT2D eigenvalue weighted by Crippen LogP contribution is -2.44. The average Bonchev–Trinajstić information content (AvgIpc) is 2.95. The monoisotopic (exact) mass is 381 g/mol. The Hall–Kier alpha value is -1.06. The second-order valence-electron chi connectivity index (χ2n) is 4.67. The van der Waals surface area contributed by atoms with Crippen LogP contribution in [0, 0.1) is 5.92 Å². The Kier molecular flexibility index (Phi) is 5.83. The number of carbonyl (C=O) groups is 2. The van der Waals surface area contributed by atoms with Gasteiger partial charge in [-0.1, -0.05) is 6.92 Å². The van der Waals surface area contributed by atoms with Gasteiger partial charge in [0.1, 0.15) is 0 Å². The van der Waals surface area contributed by atoms with Gasteiger partial charge in [0.2, 0.25) is 5.91 Å². The SMILES string of the molecule is CN=C(NCCN1C(=O)CNC1=O)NC1CC1C.I. The van der Waals surface area contributed by atoms with E-state index in [1.807, 2.05) is 0 Å². The average molecular weight is 381 g/mol. The molecule has 0 aromatic carbocycles. The van der Waals surface area contributed by atoms with Crippen LogP contribution >= 0.6 is 24.0 Å². The zero-order chi connectivity index (χ0) is 13.1. The molecule has 2 atom stereocenters. The topological polar surface area (TPSA) is 85.8 Å². The van der Waals surface area contributed by atoms with Gasteiger partial charge in [-0.3, -0.25) is 14.7 Å². The fraction of sp³-hybridized carbons (Fsp3) is 0.727. The Bertz CT molecular complexity index is 371. The first kappa shape index (κ1) is 16.0. The summed E-state index contributed by atoms with van der Waals surface area (Å²) in [5, 5.41) is 8.85. The van der Waals surface area contributed by atoms with Gasteiger partial charge in [-0.2, -0.15) is 0 Å². The standard InChI is InChI=1S/C11H19N5O2.HI/c1-7-5-8(7)15-10(12-2)13-3-4-16-9(17)6-14-11(16)18;/h7-8H,3-6H2,1-2H3,(H,14,18)(H2,12,13,15);1H. The van der Waals surface area contributed by atoms with Crippen molar-refractivity contribution in [2.24, 2.45) is 10.9 Å². The Morgan fingerprint density at radius 1 is 1.53 bits per heavy atom. The van der Waals surface area contributed by atoms with Crippen LogP contribution in [-0.2, 0) is 4.79 Å². The molecule has 2 unspecified atom stereocenters. The number of guanidine groups is 1. The highest BCUT2D eigenvalue weighted by atomic mass is 127. The number of urea groups is 1. The molecule has 2 aliphatic rings. The van der Waals surface area contributed by atoms with Crippen LogP contribution in [-0.4, -0.2) is 55.5 Å². The number of aliphatic imine (C=N–C) groups is 1. The van der Waals surface area contributed by atoms with Gasteiger partial charge < -0.3 is 16.0 Å². The summed E-state index contributed by atoms with van der Waals surface area (Å²) in [4.78, 5) is 27.9. The Morgan fingerprint density at radius 3 is 2.68 bits per heavy atom. The van der Waals surface area contributed by atoms with Crippen LogP contribution in [0.4, 0.5) is 4.79 Å². The van der Waals surface area contributed by atoms with Crippen molar-refractivity contribution in [2.45, 2.75) is 19.4 Å². The first-order valence-electron chi connectivity index (χ1n) is 6.17. The second kappa shape index (κ2) is 6.92. The minimum Gasteiger partial charge on any atom is -0.355 e. The molecule has 0 radical (unpaired) electrons. The van der Waals surface area contributed by atoms with Crippen molar-refractivity contribution in [2.75, 3.05) is 26.7 Å². The molecule has 19 heavy (non-hydrogen) atoms. The molecule has 0 aromatic heterocycles. The highest BCUT2D eigenvalue weighted by Crippen LogP contribution is 2.28.